The fourth-order valence-electron chi connectivity index (χ4n) is 1.68. The molecule has 1 aliphatic rings. The van der Waals surface area contributed by atoms with Gasteiger partial charge in [-0.15, -0.1) is 0 Å². The van der Waals surface area contributed by atoms with Crippen LogP contribution in [-0.2, 0) is 19.7 Å². The molecule has 1 aliphatic heterocycles. The van der Waals surface area contributed by atoms with Crippen molar-refractivity contribution in [3.05, 3.63) is 34.9 Å². The maximum absolute atomic E-state index is 11.1. The number of hydrogen-bond acceptors (Lipinski definition) is 3. The molecule has 0 spiro atoms. The standard InChI is InChI=1S/C11H9ClO3/c12-9-3-1-8(2-4-9)11(6-13)5-10(14)15-7-11/h1-4,6H,5,7H2. The molecule has 0 N–H and O–H groups in total. The van der Waals surface area contributed by atoms with E-state index in [1.807, 2.05) is 0 Å². The molecule has 0 aromatic heterocycles. The highest BCUT2D eigenvalue weighted by Gasteiger charge is 2.41. The van der Waals surface area contributed by atoms with Crippen LogP contribution in [0.25, 0.3) is 0 Å². The van der Waals surface area contributed by atoms with Crippen LogP contribution >= 0.6 is 11.6 Å². The van der Waals surface area contributed by atoms with E-state index < -0.39 is 5.41 Å². The summed E-state index contributed by atoms with van der Waals surface area (Å²) in [6.07, 6.45) is 0.888. The number of cyclic esters (lactones) is 1. The van der Waals surface area contributed by atoms with Crippen molar-refractivity contribution in [3.8, 4) is 0 Å². The fraction of sp³-hybridized carbons (Fsp3) is 0.273. The predicted molar refractivity (Wildman–Crippen MR) is 54.8 cm³/mol. The van der Waals surface area contributed by atoms with Crippen LogP contribution in [-0.4, -0.2) is 18.9 Å². The second-order valence-corrected chi connectivity index (χ2v) is 4.05. The molecule has 1 aromatic rings. The summed E-state index contributed by atoms with van der Waals surface area (Å²) in [5.74, 6) is -0.336. The topological polar surface area (TPSA) is 43.4 Å². The van der Waals surface area contributed by atoms with Gasteiger partial charge in [0.25, 0.3) is 0 Å². The molecule has 4 heteroatoms. The van der Waals surface area contributed by atoms with Crippen molar-refractivity contribution in [2.45, 2.75) is 11.8 Å². The van der Waals surface area contributed by atoms with Crippen LogP contribution in [0, 0.1) is 0 Å². The highest BCUT2D eigenvalue weighted by molar-refractivity contribution is 6.30. The van der Waals surface area contributed by atoms with E-state index in [9.17, 15) is 9.59 Å². The van der Waals surface area contributed by atoms with E-state index >= 15 is 0 Å². The Bertz CT molecular complexity index is 399. The Balaban J connectivity index is 2.38. The maximum Gasteiger partial charge on any atom is 0.307 e. The van der Waals surface area contributed by atoms with Gasteiger partial charge in [-0.2, -0.15) is 0 Å². The summed E-state index contributed by atoms with van der Waals surface area (Å²) in [6.45, 7) is 0.122. The molecule has 1 heterocycles. The van der Waals surface area contributed by atoms with Crippen LogP contribution in [0.4, 0.5) is 0 Å². The SMILES string of the molecule is O=CC1(c2ccc(Cl)cc2)COC(=O)C1. The first-order valence-corrected chi connectivity index (χ1v) is 4.92. The van der Waals surface area contributed by atoms with Crippen molar-refractivity contribution >= 4 is 23.9 Å². The van der Waals surface area contributed by atoms with E-state index in [1.165, 1.54) is 0 Å². The van der Waals surface area contributed by atoms with Gasteiger partial charge < -0.3 is 9.53 Å². The van der Waals surface area contributed by atoms with E-state index in [1.54, 1.807) is 24.3 Å². The molecule has 1 aromatic carbocycles. The summed E-state index contributed by atoms with van der Waals surface area (Å²) >= 11 is 5.75. The van der Waals surface area contributed by atoms with E-state index in [0.29, 0.717) is 5.02 Å². The summed E-state index contributed by atoms with van der Waals surface area (Å²) in [4.78, 5) is 22.1. The number of benzene rings is 1. The molecule has 0 bridgehead atoms. The minimum atomic E-state index is -0.818. The summed E-state index contributed by atoms with van der Waals surface area (Å²) in [6, 6.07) is 6.90. The molecule has 0 aliphatic carbocycles. The van der Waals surface area contributed by atoms with Crippen LogP contribution in [0.1, 0.15) is 12.0 Å². The van der Waals surface area contributed by atoms with Crippen LogP contribution in [0.2, 0.25) is 5.02 Å². The summed E-state index contributed by atoms with van der Waals surface area (Å²) in [5, 5.41) is 0.602. The van der Waals surface area contributed by atoms with Gasteiger partial charge in [-0.3, -0.25) is 4.79 Å². The number of aldehydes is 1. The van der Waals surface area contributed by atoms with Gasteiger partial charge in [0.05, 0.1) is 11.8 Å². The molecule has 1 fully saturated rings. The Morgan fingerprint density at radius 2 is 2.00 bits per heavy atom. The lowest BCUT2D eigenvalue weighted by atomic mass is 9.81. The number of carbonyl (C=O) groups is 2. The average molecular weight is 225 g/mol. The third-order valence-corrected chi connectivity index (χ3v) is 2.85. The molecule has 15 heavy (non-hydrogen) atoms. The number of carbonyl (C=O) groups excluding carboxylic acids is 2. The molecular formula is C11H9ClO3. The zero-order valence-corrected chi connectivity index (χ0v) is 8.66. The molecular weight excluding hydrogens is 216 g/mol. The van der Waals surface area contributed by atoms with E-state index in [0.717, 1.165) is 11.8 Å². The zero-order valence-electron chi connectivity index (χ0n) is 7.90. The van der Waals surface area contributed by atoms with Crippen molar-refractivity contribution in [3.63, 3.8) is 0 Å². The molecule has 0 radical (unpaired) electrons. The minimum Gasteiger partial charge on any atom is -0.464 e. The monoisotopic (exact) mass is 224 g/mol. The largest absolute Gasteiger partial charge is 0.464 e. The quantitative estimate of drug-likeness (QED) is 0.568. The maximum atomic E-state index is 11.1. The molecule has 0 saturated carbocycles. The first-order valence-electron chi connectivity index (χ1n) is 4.54. The molecule has 1 atom stereocenters. The lowest BCUT2D eigenvalue weighted by Gasteiger charge is -2.18. The van der Waals surface area contributed by atoms with Crippen LogP contribution in [0.3, 0.4) is 0 Å². The van der Waals surface area contributed by atoms with E-state index in [-0.39, 0.29) is 19.0 Å². The summed E-state index contributed by atoms with van der Waals surface area (Å²) in [5.41, 5.74) is -0.0467. The normalized spacial score (nSPS) is 25.0. The second kappa shape index (κ2) is 3.66. The number of ether oxygens (including phenoxy) is 1. The Kier molecular flexibility index (Phi) is 2.49. The predicted octanol–water partition coefficient (Wildman–Crippen LogP) is 1.72. The molecule has 1 saturated heterocycles. The van der Waals surface area contributed by atoms with Gasteiger partial charge in [0.2, 0.25) is 0 Å². The van der Waals surface area contributed by atoms with Crippen LogP contribution in [0.15, 0.2) is 24.3 Å². The van der Waals surface area contributed by atoms with Gasteiger partial charge >= 0.3 is 5.97 Å². The Morgan fingerprint density at radius 3 is 2.47 bits per heavy atom. The lowest BCUT2D eigenvalue weighted by Crippen LogP contribution is -2.28. The molecule has 78 valence electrons. The van der Waals surface area contributed by atoms with Gasteiger partial charge in [-0.25, -0.2) is 0 Å². The van der Waals surface area contributed by atoms with Crippen molar-refractivity contribution in [2.75, 3.05) is 6.61 Å². The third kappa shape index (κ3) is 1.75. The van der Waals surface area contributed by atoms with Crippen LogP contribution in [0.5, 0.6) is 0 Å². The molecule has 1 unspecified atom stereocenters. The van der Waals surface area contributed by atoms with Crippen molar-refractivity contribution in [2.24, 2.45) is 0 Å². The van der Waals surface area contributed by atoms with Gasteiger partial charge in [0.1, 0.15) is 12.9 Å². The fourth-order valence-corrected chi connectivity index (χ4v) is 1.81. The Morgan fingerprint density at radius 1 is 1.33 bits per heavy atom. The summed E-state index contributed by atoms with van der Waals surface area (Å²) < 4.78 is 4.84. The van der Waals surface area contributed by atoms with Gasteiger partial charge in [0.15, 0.2) is 0 Å². The second-order valence-electron chi connectivity index (χ2n) is 3.62. The van der Waals surface area contributed by atoms with E-state index in [2.05, 4.69) is 0 Å². The number of rotatable bonds is 2. The van der Waals surface area contributed by atoms with Gasteiger partial charge in [-0.05, 0) is 17.7 Å². The third-order valence-electron chi connectivity index (χ3n) is 2.60. The Hall–Kier alpha value is -1.35. The number of esters is 1. The number of hydrogen-bond donors (Lipinski definition) is 0. The van der Waals surface area contributed by atoms with Gasteiger partial charge in [-0.1, -0.05) is 23.7 Å². The molecule has 0 amide bonds. The Labute approximate surface area is 92.0 Å². The molecule has 3 nitrogen and oxygen atoms in total. The van der Waals surface area contributed by atoms with Crippen molar-refractivity contribution < 1.29 is 14.3 Å². The minimum absolute atomic E-state index is 0.109. The lowest BCUT2D eigenvalue weighted by molar-refractivity contribution is -0.137. The van der Waals surface area contributed by atoms with Gasteiger partial charge in [0, 0.05) is 5.02 Å². The highest BCUT2D eigenvalue weighted by atomic mass is 35.5. The first-order chi connectivity index (χ1) is 7.16. The first kappa shape index (κ1) is 10.2. The summed E-state index contributed by atoms with van der Waals surface area (Å²) in [7, 11) is 0. The highest BCUT2D eigenvalue weighted by Crippen LogP contribution is 2.32. The van der Waals surface area contributed by atoms with Crippen molar-refractivity contribution in [1.29, 1.82) is 0 Å². The van der Waals surface area contributed by atoms with Crippen LogP contribution < -0.4 is 0 Å². The van der Waals surface area contributed by atoms with E-state index in [4.69, 9.17) is 16.3 Å². The average Bonchev–Trinajstić information content (AvgIpc) is 2.62. The number of halogens is 1. The van der Waals surface area contributed by atoms with Crippen molar-refractivity contribution in [1.82, 2.24) is 0 Å². The smallest absolute Gasteiger partial charge is 0.307 e. The molecule has 2 rings (SSSR count). The zero-order chi connectivity index (χ0) is 10.9.